The molecule has 0 saturated heterocycles. The summed E-state index contributed by atoms with van der Waals surface area (Å²) >= 11 is 3.45. The van der Waals surface area contributed by atoms with Crippen molar-refractivity contribution >= 4 is 27.5 Å². The molecule has 0 saturated carbocycles. The van der Waals surface area contributed by atoms with Crippen molar-refractivity contribution in [2.24, 2.45) is 10.8 Å². The lowest BCUT2D eigenvalue weighted by Crippen LogP contribution is -2.37. The van der Waals surface area contributed by atoms with Gasteiger partial charge in [0.25, 0.3) is 0 Å². The van der Waals surface area contributed by atoms with Crippen LogP contribution in [-0.4, -0.2) is 18.7 Å². The zero-order chi connectivity index (χ0) is 26.5. The summed E-state index contributed by atoms with van der Waals surface area (Å²) in [6.45, 7) is 8.76. The summed E-state index contributed by atoms with van der Waals surface area (Å²) in [7, 11) is 1.60. The SMILES string of the molecule is COc1cc(C2C3=C(CC(C)(C)CC3=O)OC3=C2C(=O)CC(C)(C)C3)ccc1OCc1ccc(Br)cc1. The molecule has 2 aliphatic carbocycles. The molecule has 37 heavy (non-hydrogen) atoms. The van der Waals surface area contributed by atoms with E-state index in [4.69, 9.17) is 14.2 Å². The van der Waals surface area contributed by atoms with Crippen LogP contribution in [0.1, 0.15) is 70.4 Å². The van der Waals surface area contributed by atoms with Gasteiger partial charge in [-0.2, -0.15) is 0 Å². The molecule has 0 bridgehead atoms. The molecule has 1 heterocycles. The second-order valence-corrected chi connectivity index (χ2v) is 12.8. The number of halogens is 1. The average Bonchev–Trinajstić information content (AvgIpc) is 2.80. The number of hydrogen-bond acceptors (Lipinski definition) is 5. The molecule has 0 atom stereocenters. The number of methoxy groups -OCH3 is 1. The van der Waals surface area contributed by atoms with Crippen LogP contribution in [0.5, 0.6) is 11.5 Å². The van der Waals surface area contributed by atoms with Crippen LogP contribution in [0.2, 0.25) is 0 Å². The van der Waals surface area contributed by atoms with E-state index in [0.29, 0.717) is 66.5 Å². The molecule has 0 N–H and O–H groups in total. The maximum Gasteiger partial charge on any atom is 0.163 e. The van der Waals surface area contributed by atoms with E-state index in [1.165, 1.54) is 0 Å². The third kappa shape index (κ3) is 5.13. The molecule has 1 aliphatic heterocycles. The Bertz CT molecular complexity index is 1280. The Morgan fingerprint density at radius 1 is 0.838 bits per heavy atom. The molecule has 2 aromatic rings. The number of allylic oxidation sites excluding steroid dienone is 4. The van der Waals surface area contributed by atoms with E-state index in [9.17, 15) is 9.59 Å². The molecule has 0 amide bonds. The maximum absolute atomic E-state index is 13.5. The Hall–Kier alpha value is -2.86. The van der Waals surface area contributed by atoms with Crippen molar-refractivity contribution in [1.82, 2.24) is 0 Å². The highest BCUT2D eigenvalue weighted by atomic mass is 79.9. The highest BCUT2D eigenvalue weighted by Crippen LogP contribution is 2.53. The first-order chi connectivity index (χ1) is 17.5. The van der Waals surface area contributed by atoms with E-state index in [1.54, 1.807) is 7.11 Å². The van der Waals surface area contributed by atoms with Crippen molar-refractivity contribution in [1.29, 1.82) is 0 Å². The van der Waals surface area contributed by atoms with Crippen LogP contribution in [0.15, 0.2) is 69.6 Å². The number of rotatable bonds is 5. The number of ether oxygens (including phenoxy) is 3. The first-order valence-corrected chi connectivity index (χ1v) is 13.5. The minimum atomic E-state index is -0.458. The molecular formula is C31H33BrO5. The molecule has 6 heteroatoms. The zero-order valence-electron chi connectivity index (χ0n) is 22.1. The van der Waals surface area contributed by atoms with Crippen LogP contribution >= 0.6 is 15.9 Å². The Morgan fingerprint density at radius 2 is 1.41 bits per heavy atom. The van der Waals surface area contributed by atoms with Gasteiger partial charge in [-0.3, -0.25) is 9.59 Å². The van der Waals surface area contributed by atoms with Gasteiger partial charge in [-0.05, 0) is 46.2 Å². The lowest BCUT2D eigenvalue weighted by molar-refractivity contribution is -0.120. The van der Waals surface area contributed by atoms with Crippen LogP contribution < -0.4 is 9.47 Å². The lowest BCUT2D eigenvalue weighted by Gasteiger charge is -2.42. The smallest absolute Gasteiger partial charge is 0.163 e. The fourth-order valence-corrected chi connectivity index (χ4v) is 6.00. The van der Waals surface area contributed by atoms with E-state index in [2.05, 4.69) is 43.6 Å². The number of benzene rings is 2. The fraction of sp³-hybridized carbons (Fsp3) is 0.419. The molecule has 0 unspecified atom stereocenters. The zero-order valence-corrected chi connectivity index (χ0v) is 23.7. The summed E-state index contributed by atoms with van der Waals surface area (Å²) < 4.78 is 19.2. The molecule has 0 spiro atoms. The van der Waals surface area contributed by atoms with Crippen molar-refractivity contribution < 1.29 is 23.8 Å². The molecule has 0 aromatic heterocycles. The summed E-state index contributed by atoms with van der Waals surface area (Å²) in [6.07, 6.45) is 2.20. The molecular weight excluding hydrogens is 532 g/mol. The van der Waals surface area contributed by atoms with Gasteiger partial charge in [0.1, 0.15) is 18.1 Å². The number of Topliss-reactive ketones (excluding diaryl/α,β-unsaturated/α-hetero) is 2. The quantitative estimate of drug-likeness (QED) is 0.377. The molecule has 194 valence electrons. The monoisotopic (exact) mass is 564 g/mol. The molecule has 2 aromatic carbocycles. The highest BCUT2D eigenvalue weighted by molar-refractivity contribution is 9.10. The first-order valence-electron chi connectivity index (χ1n) is 12.7. The Kier molecular flexibility index (Phi) is 6.59. The Labute approximate surface area is 227 Å². The van der Waals surface area contributed by atoms with E-state index < -0.39 is 5.92 Å². The highest BCUT2D eigenvalue weighted by Gasteiger charge is 2.47. The van der Waals surface area contributed by atoms with Gasteiger partial charge in [0.05, 0.1) is 7.11 Å². The Morgan fingerprint density at radius 3 is 1.95 bits per heavy atom. The van der Waals surface area contributed by atoms with Gasteiger partial charge in [-0.1, -0.05) is 61.8 Å². The molecule has 0 fully saturated rings. The number of carbonyl (C=O) groups excluding carboxylic acids is 2. The predicted molar refractivity (Wildman–Crippen MR) is 145 cm³/mol. The van der Waals surface area contributed by atoms with Crippen LogP contribution in [-0.2, 0) is 20.9 Å². The molecule has 5 rings (SSSR count). The minimum Gasteiger partial charge on any atom is -0.493 e. The second kappa shape index (κ2) is 9.46. The fourth-order valence-electron chi connectivity index (χ4n) is 5.73. The standard InChI is InChI=1S/C31H33BrO5/c1-30(2)13-21(33)28-25(15-30)37-26-16-31(3,4)14-22(34)29(26)27(28)19-8-11-23(24(12-19)35-5)36-17-18-6-9-20(32)10-7-18/h6-12,27H,13-17H2,1-5H3. The summed E-state index contributed by atoms with van der Waals surface area (Å²) in [5, 5.41) is 0. The summed E-state index contributed by atoms with van der Waals surface area (Å²) in [5.74, 6) is 2.25. The van der Waals surface area contributed by atoms with Crippen LogP contribution in [0, 0.1) is 10.8 Å². The van der Waals surface area contributed by atoms with E-state index in [1.807, 2.05) is 42.5 Å². The van der Waals surface area contributed by atoms with Gasteiger partial charge >= 0.3 is 0 Å². The number of hydrogen-bond donors (Lipinski definition) is 0. The van der Waals surface area contributed by atoms with Crippen LogP contribution in [0.25, 0.3) is 0 Å². The van der Waals surface area contributed by atoms with Gasteiger partial charge < -0.3 is 14.2 Å². The van der Waals surface area contributed by atoms with Crippen LogP contribution in [0.4, 0.5) is 0 Å². The van der Waals surface area contributed by atoms with Crippen molar-refractivity contribution in [3.8, 4) is 11.5 Å². The van der Waals surface area contributed by atoms with Crippen molar-refractivity contribution in [2.45, 2.75) is 65.9 Å². The largest absolute Gasteiger partial charge is 0.493 e. The average molecular weight is 566 g/mol. The molecule has 0 radical (unpaired) electrons. The van der Waals surface area contributed by atoms with Gasteiger partial charge in [-0.15, -0.1) is 0 Å². The van der Waals surface area contributed by atoms with Gasteiger partial charge in [-0.25, -0.2) is 0 Å². The predicted octanol–water partition coefficient (Wildman–Crippen LogP) is 7.44. The normalized spacial score (nSPS) is 20.8. The topological polar surface area (TPSA) is 61.8 Å². The number of ketones is 2. The number of carbonyl (C=O) groups is 2. The third-order valence-corrected chi connectivity index (χ3v) is 7.94. The third-order valence-electron chi connectivity index (χ3n) is 7.41. The first kappa shape index (κ1) is 25.8. The van der Waals surface area contributed by atoms with Crippen molar-refractivity contribution in [2.75, 3.05) is 7.11 Å². The van der Waals surface area contributed by atoms with Crippen molar-refractivity contribution in [3.63, 3.8) is 0 Å². The van der Waals surface area contributed by atoms with Gasteiger partial charge in [0.15, 0.2) is 23.1 Å². The molecule has 5 nitrogen and oxygen atoms in total. The van der Waals surface area contributed by atoms with Crippen molar-refractivity contribution in [3.05, 3.63) is 80.7 Å². The summed E-state index contributed by atoms with van der Waals surface area (Å²) in [5.41, 5.74) is 2.75. The van der Waals surface area contributed by atoms with E-state index in [0.717, 1.165) is 15.6 Å². The minimum absolute atomic E-state index is 0.0509. The van der Waals surface area contributed by atoms with E-state index >= 15 is 0 Å². The maximum atomic E-state index is 13.5. The summed E-state index contributed by atoms with van der Waals surface area (Å²) in [6, 6.07) is 13.7. The second-order valence-electron chi connectivity index (χ2n) is 11.9. The van der Waals surface area contributed by atoms with E-state index in [-0.39, 0.29) is 22.4 Å². The summed E-state index contributed by atoms with van der Waals surface area (Å²) in [4.78, 5) is 27.0. The lowest BCUT2D eigenvalue weighted by atomic mass is 9.65. The van der Waals surface area contributed by atoms with Gasteiger partial charge in [0, 0.05) is 47.2 Å². The molecule has 3 aliphatic rings. The Balaban J connectivity index is 1.55. The van der Waals surface area contributed by atoms with Gasteiger partial charge in [0.2, 0.25) is 0 Å². The van der Waals surface area contributed by atoms with Crippen LogP contribution in [0.3, 0.4) is 0 Å².